The number of nitrogens with zero attached hydrogens (tertiary/aromatic N) is 7. The van der Waals surface area contributed by atoms with Crippen LogP contribution in [0.25, 0.3) is 22.2 Å². The van der Waals surface area contributed by atoms with Gasteiger partial charge in [0.25, 0.3) is 0 Å². The summed E-state index contributed by atoms with van der Waals surface area (Å²) < 4.78 is 35.5. The van der Waals surface area contributed by atoms with E-state index >= 15 is 0 Å². The van der Waals surface area contributed by atoms with Crippen molar-refractivity contribution >= 4 is 23.0 Å². The Labute approximate surface area is 254 Å². The molecule has 4 aromatic rings. The molecule has 1 amide bonds. The third kappa shape index (κ3) is 5.98. The molecule has 9 nitrogen and oxygen atoms in total. The van der Waals surface area contributed by atoms with Crippen LogP contribution in [0.3, 0.4) is 0 Å². The molecule has 0 saturated carbocycles. The van der Waals surface area contributed by atoms with Crippen molar-refractivity contribution in [2.24, 2.45) is 0 Å². The van der Waals surface area contributed by atoms with Crippen LogP contribution in [-0.4, -0.2) is 75.4 Å². The highest BCUT2D eigenvalue weighted by molar-refractivity contribution is 5.88. The van der Waals surface area contributed by atoms with E-state index in [0.717, 1.165) is 28.1 Å². The monoisotopic (exact) mass is 597 g/mol. The number of rotatable bonds is 5. The van der Waals surface area contributed by atoms with Crippen molar-refractivity contribution in [1.82, 2.24) is 24.4 Å². The number of amides is 1. The Morgan fingerprint density at radius 2 is 1.80 bits per heavy atom. The predicted molar refractivity (Wildman–Crippen MR) is 163 cm³/mol. The van der Waals surface area contributed by atoms with E-state index in [0.29, 0.717) is 50.3 Å². The maximum Gasteiger partial charge on any atom is 0.410 e. The number of nitriles is 1. The first kappa shape index (κ1) is 29.3. The number of halogens is 2. The van der Waals surface area contributed by atoms with Gasteiger partial charge in [-0.2, -0.15) is 10.4 Å². The van der Waals surface area contributed by atoms with Crippen molar-refractivity contribution in [2.75, 3.05) is 44.2 Å². The van der Waals surface area contributed by atoms with Gasteiger partial charge < -0.3 is 14.5 Å². The Balaban J connectivity index is 1.20. The molecule has 6 rings (SSSR count). The molecule has 226 valence electrons. The van der Waals surface area contributed by atoms with Gasteiger partial charge in [-0.1, -0.05) is 12.1 Å². The van der Waals surface area contributed by atoms with Crippen molar-refractivity contribution in [3.63, 3.8) is 0 Å². The fourth-order valence-corrected chi connectivity index (χ4v) is 5.60. The molecule has 3 aromatic heterocycles. The van der Waals surface area contributed by atoms with Crippen molar-refractivity contribution < 1.29 is 18.3 Å². The Hall–Kier alpha value is -4.82. The van der Waals surface area contributed by atoms with E-state index in [-0.39, 0.29) is 18.2 Å². The smallest absolute Gasteiger partial charge is 0.410 e. The Morgan fingerprint density at radius 1 is 1.05 bits per heavy atom. The van der Waals surface area contributed by atoms with Crippen LogP contribution in [0, 0.1) is 23.0 Å². The minimum atomic E-state index is -0.581. The molecule has 0 aliphatic carbocycles. The van der Waals surface area contributed by atoms with Crippen molar-refractivity contribution in [2.45, 2.75) is 32.9 Å². The zero-order valence-electron chi connectivity index (χ0n) is 24.9. The topological polar surface area (TPSA) is 90.0 Å². The van der Waals surface area contributed by atoms with Crippen LogP contribution in [-0.2, 0) is 11.3 Å². The lowest BCUT2D eigenvalue weighted by molar-refractivity contribution is 0.0306. The van der Waals surface area contributed by atoms with Crippen LogP contribution in [0.5, 0.6) is 0 Å². The number of pyridine rings is 2. The van der Waals surface area contributed by atoms with Gasteiger partial charge in [-0.25, -0.2) is 23.1 Å². The summed E-state index contributed by atoms with van der Waals surface area (Å²) in [5.41, 5.74) is 4.14. The fourth-order valence-electron chi connectivity index (χ4n) is 5.60. The zero-order chi connectivity index (χ0) is 31.0. The van der Waals surface area contributed by atoms with E-state index in [1.165, 1.54) is 18.2 Å². The largest absolute Gasteiger partial charge is 0.444 e. The number of hydrogen-bond donors (Lipinski definition) is 0. The maximum atomic E-state index is 14.1. The van der Waals surface area contributed by atoms with E-state index in [1.807, 2.05) is 56.1 Å². The molecule has 0 unspecified atom stereocenters. The normalized spacial score (nSPS) is 15.9. The van der Waals surface area contributed by atoms with Gasteiger partial charge >= 0.3 is 6.09 Å². The van der Waals surface area contributed by atoms with Gasteiger partial charge in [-0.3, -0.25) is 4.90 Å². The number of piperazine rings is 1. The molecular weight excluding hydrogens is 564 g/mol. The predicted octanol–water partition coefficient (Wildman–Crippen LogP) is 5.50. The van der Waals surface area contributed by atoms with E-state index < -0.39 is 17.2 Å². The van der Waals surface area contributed by atoms with E-state index in [9.17, 15) is 18.8 Å². The molecule has 1 aromatic carbocycles. The SMILES string of the molecule is CC(C)(C)OC(=O)N1CC=C(c2cc(-c3ccc(N4CCN(Cc5c(F)cccc5F)CC4)nc3)c3c(C#N)cnn3c2)C1. The average molecular weight is 598 g/mol. The molecule has 1 fully saturated rings. The third-order valence-electron chi connectivity index (χ3n) is 7.87. The van der Waals surface area contributed by atoms with Gasteiger partial charge in [0.05, 0.1) is 17.3 Å². The summed E-state index contributed by atoms with van der Waals surface area (Å²) in [6.07, 6.45) is 6.85. The van der Waals surface area contributed by atoms with Crippen molar-refractivity contribution in [3.05, 3.63) is 89.4 Å². The molecule has 2 aliphatic heterocycles. The van der Waals surface area contributed by atoms with Crippen LogP contribution >= 0.6 is 0 Å². The number of fused-ring (bicyclic) bond motifs is 1. The Bertz CT molecular complexity index is 1760. The number of benzene rings is 1. The van der Waals surface area contributed by atoms with E-state index in [2.05, 4.69) is 16.1 Å². The van der Waals surface area contributed by atoms with Crippen LogP contribution in [0.15, 0.2) is 61.1 Å². The molecule has 11 heteroatoms. The number of carbonyl (C=O) groups is 1. The first-order chi connectivity index (χ1) is 21.1. The quantitative estimate of drug-likeness (QED) is 0.300. The highest BCUT2D eigenvalue weighted by Crippen LogP contribution is 2.32. The van der Waals surface area contributed by atoms with Crippen LogP contribution in [0.2, 0.25) is 0 Å². The second-order valence-electron chi connectivity index (χ2n) is 12.1. The number of ether oxygens (including phenoxy) is 1. The summed E-state index contributed by atoms with van der Waals surface area (Å²) in [4.78, 5) is 23.2. The number of hydrogen-bond acceptors (Lipinski definition) is 7. The van der Waals surface area contributed by atoms with Crippen LogP contribution in [0.4, 0.5) is 19.4 Å². The van der Waals surface area contributed by atoms with Gasteiger partial charge in [0, 0.05) is 74.9 Å². The molecule has 5 heterocycles. The minimum Gasteiger partial charge on any atom is -0.444 e. The molecule has 0 atom stereocenters. The highest BCUT2D eigenvalue weighted by atomic mass is 19.1. The molecule has 44 heavy (non-hydrogen) atoms. The zero-order valence-corrected chi connectivity index (χ0v) is 24.9. The summed E-state index contributed by atoms with van der Waals surface area (Å²) in [6.45, 7) is 9.24. The summed E-state index contributed by atoms with van der Waals surface area (Å²) in [5.74, 6) is -0.242. The number of anilines is 1. The fraction of sp³-hybridized carbons (Fsp3) is 0.333. The van der Waals surface area contributed by atoms with Crippen LogP contribution in [0.1, 0.15) is 37.5 Å². The van der Waals surface area contributed by atoms with E-state index in [4.69, 9.17) is 9.72 Å². The van der Waals surface area contributed by atoms with Gasteiger partial charge in [0.2, 0.25) is 0 Å². The van der Waals surface area contributed by atoms with Crippen molar-refractivity contribution in [3.8, 4) is 17.2 Å². The van der Waals surface area contributed by atoms with Gasteiger partial charge in [-0.15, -0.1) is 0 Å². The number of carbonyl (C=O) groups excluding carboxylic acids is 1. The summed E-state index contributed by atoms with van der Waals surface area (Å²) >= 11 is 0. The van der Waals surface area contributed by atoms with Crippen LogP contribution < -0.4 is 4.90 Å². The summed E-state index contributed by atoms with van der Waals surface area (Å²) in [7, 11) is 0. The highest BCUT2D eigenvalue weighted by Gasteiger charge is 2.27. The molecule has 1 saturated heterocycles. The van der Waals surface area contributed by atoms with Gasteiger partial charge in [-0.05, 0) is 62.2 Å². The first-order valence-electron chi connectivity index (χ1n) is 14.5. The molecule has 0 spiro atoms. The standard InChI is InChI=1S/C33H33F2N7O2/c1-33(2,3)44-32(43)41-10-9-23(19-41)24-15-26(31-25(16-36)18-38-42(31)20-24)22-7-8-30(37-17-22)40-13-11-39(12-14-40)21-27-28(34)5-4-6-29(27)35/h4-9,15,17-18,20H,10-14,19,21H2,1-3H3. The average Bonchev–Trinajstić information content (AvgIpc) is 3.66. The Kier molecular flexibility index (Phi) is 7.78. The lowest BCUT2D eigenvalue weighted by atomic mass is 10.00. The first-order valence-corrected chi connectivity index (χ1v) is 14.5. The third-order valence-corrected chi connectivity index (χ3v) is 7.87. The van der Waals surface area contributed by atoms with Gasteiger partial charge in [0.15, 0.2) is 0 Å². The second kappa shape index (κ2) is 11.7. The molecular formula is C33H33F2N7O2. The number of aromatic nitrogens is 3. The molecule has 0 radical (unpaired) electrons. The summed E-state index contributed by atoms with van der Waals surface area (Å²) in [5, 5.41) is 14.2. The second-order valence-corrected chi connectivity index (χ2v) is 12.1. The van der Waals surface area contributed by atoms with Crippen molar-refractivity contribution in [1.29, 1.82) is 5.26 Å². The molecule has 0 N–H and O–H groups in total. The molecule has 2 aliphatic rings. The molecule has 0 bridgehead atoms. The maximum absolute atomic E-state index is 14.1. The van der Waals surface area contributed by atoms with E-state index in [1.54, 1.807) is 21.8 Å². The lowest BCUT2D eigenvalue weighted by Gasteiger charge is -2.35. The summed E-state index contributed by atoms with van der Waals surface area (Å²) in [6, 6.07) is 12.1. The Morgan fingerprint density at radius 3 is 2.45 bits per heavy atom. The minimum absolute atomic E-state index is 0.0968. The lowest BCUT2D eigenvalue weighted by Crippen LogP contribution is -2.46. The van der Waals surface area contributed by atoms with Gasteiger partial charge in [0.1, 0.15) is 29.1 Å².